The third-order valence-corrected chi connectivity index (χ3v) is 2.77. The Morgan fingerprint density at radius 2 is 2.00 bits per heavy atom. The summed E-state index contributed by atoms with van der Waals surface area (Å²) in [5.41, 5.74) is 1.84. The Morgan fingerprint density at radius 1 is 1.33 bits per heavy atom. The first-order valence-corrected chi connectivity index (χ1v) is 5.69. The van der Waals surface area contributed by atoms with Gasteiger partial charge < -0.3 is 5.32 Å². The third kappa shape index (κ3) is 2.19. The molecule has 2 rings (SSSR count). The van der Waals surface area contributed by atoms with E-state index >= 15 is 0 Å². The van der Waals surface area contributed by atoms with E-state index < -0.39 is 0 Å². The second-order valence-electron chi connectivity index (χ2n) is 3.73. The average Bonchev–Trinajstić information content (AvgIpc) is 2.82. The van der Waals surface area contributed by atoms with Crippen LogP contribution in [-0.4, -0.2) is 32.7 Å². The van der Waals surface area contributed by atoms with Crippen LogP contribution in [0.2, 0.25) is 5.15 Å². The maximum absolute atomic E-state index is 11.4. The maximum Gasteiger partial charge on any atom is 0.271 e. The molecule has 2 heterocycles. The number of halogens is 1. The Morgan fingerprint density at radius 3 is 2.67 bits per heavy atom. The SMILES string of the molecule is CNC(=O)c1ccn(-c2nc(C)c(C)nc2Cl)n1. The highest BCUT2D eigenvalue weighted by molar-refractivity contribution is 6.30. The lowest BCUT2D eigenvalue weighted by molar-refractivity contribution is 0.0957. The highest BCUT2D eigenvalue weighted by atomic mass is 35.5. The van der Waals surface area contributed by atoms with Gasteiger partial charge in [-0.2, -0.15) is 5.10 Å². The summed E-state index contributed by atoms with van der Waals surface area (Å²) < 4.78 is 1.44. The molecule has 94 valence electrons. The van der Waals surface area contributed by atoms with Crippen LogP contribution in [0, 0.1) is 13.8 Å². The number of nitrogens with one attached hydrogen (secondary N) is 1. The quantitative estimate of drug-likeness (QED) is 0.888. The fourth-order valence-corrected chi connectivity index (χ4v) is 1.66. The summed E-state index contributed by atoms with van der Waals surface area (Å²) in [5.74, 6) is 0.150. The summed E-state index contributed by atoms with van der Waals surface area (Å²) in [6.07, 6.45) is 1.62. The Bertz CT molecular complexity index is 607. The second-order valence-corrected chi connectivity index (χ2v) is 4.09. The molecule has 0 fully saturated rings. The van der Waals surface area contributed by atoms with E-state index in [1.54, 1.807) is 19.3 Å². The van der Waals surface area contributed by atoms with Gasteiger partial charge in [0.25, 0.3) is 5.91 Å². The van der Waals surface area contributed by atoms with Crippen molar-refractivity contribution in [3.8, 4) is 5.82 Å². The van der Waals surface area contributed by atoms with E-state index in [0.29, 0.717) is 11.5 Å². The molecule has 18 heavy (non-hydrogen) atoms. The van der Waals surface area contributed by atoms with Gasteiger partial charge in [-0.3, -0.25) is 4.79 Å². The van der Waals surface area contributed by atoms with Gasteiger partial charge in [-0.15, -0.1) is 0 Å². The number of amides is 1. The predicted octanol–water partition coefficient (Wildman–Crippen LogP) is 1.29. The lowest BCUT2D eigenvalue weighted by Gasteiger charge is -2.05. The molecule has 7 heteroatoms. The van der Waals surface area contributed by atoms with Crippen molar-refractivity contribution < 1.29 is 4.79 Å². The minimum absolute atomic E-state index is 0.254. The molecule has 0 aliphatic rings. The minimum atomic E-state index is -0.262. The molecular formula is C11H12ClN5O. The van der Waals surface area contributed by atoms with E-state index in [9.17, 15) is 4.79 Å². The third-order valence-electron chi connectivity index (χ3n) is 2.51. The molecule has 2 aromatic rings. The number of carbonyl (C=O) groups excluding carboxylic acids is 1. The summed E-state index contributed by atoms with van der Waals surface area (Å²) in [5, 5.41) is 6.85. The molecule has 0 unspecified atom stereocenters. The van der Waals surface area contributed by atoms with Crippen molar-refractivity contribution in [1.29, 1.82) is 0 Å². The van der Waals surface area contributed by atoms with Gasteiger partial charge in [0, 0.05) is 13.2 Å². The van der Waals surface area contributed by atoms with Gasteiger partial charge >= 0.3 is 0 Å². The zero-order valence-electron chi connectivity index (χ0n) is 10.2. The van der Waals surface area contributed by atoms with Crippen LogP contribution < -0.4 is 5.32 Å². The molecule has 0 aliphatic heterocycles. The summed E-state index contributed by atoms with van der Waals surface area (Å²) in [6.45, 7) is 3.67. The summed E-state index contributed by atoms with van der Waals surface area (Å²) in [4.78, 5) is 19.9. The fraction of sp³-hybridized carbons (Fsp3) is 0.273. The molecule has 2 aromatic heterocycles. The first-order chi connectivity index (χ1) is 8.52. The number of rotatable bonds is 2. The van der Waals surface area contributed by atoms with Gasteiger partial charge in [-0.05, 0) is 19.9 Å². The normalized spacial score (nSPS) is 10.4. The molecule has 0 aliphatic carbocycles. The predicted molar refractivity (Wildman–Crippen MR) is 67.0 cm³/mol. The number of nitrogens with zero attached hydrogens (tertiary/aromatic N) is 4. The summed E-state index contributed by atoms with van der Waals surface area (Å²) >= 11 is 6.02. The van der Waals surface area contributed by atoms with E-state index in [-0.39, 0.29) is 11.1 Å². The van der Waals surface area contributed by atoms with Gasteiger partial charge in [0.2, 0.25) is 0 Å². The van der Waals surface area contributed by atoms with Crippen molar-refractivity contribution in [3.05, 3.63) is 34.5 Å². The topological polar surface area (TPSA) is 72.7 Å². The largest absolute Gasteiger partial charge is 0.354 e. The zero-order valence-corrected chi connectivity index (χ0v) is 11.0. The summed E-state index contributed by atoms with van der Waals surface area (Å²) in [6, 6.07) is 1.59. The van der Waals surface area contributed by atoms with Crippen molar-refractivity contribution in [3.63, 3.8) is 0 Å². The molecule has 0 aromatic carbocycles. The van der Waals surface area contributed by atoms with E-state index in [4.69, 9.17) is 11.6 Å². The van der Waals surface area contributed by atoms with Crippen LogP contribution in [0.5, 0.6) is 0 Å². The van der Waals surface area contributed by atoms with Crippen LogP contribution in [-0.2, 0) is 0 Å². The molecule has 0 saturated carbocycles. The molecule has 0 spiro atoms. The number of hydrogen-bond acceptors (Lipinski definition) is 4. The van der Waals surface area contributed by atoms with Crippen LogP contribution in [0.1, 0.15) is 21.9 Å². The molecule has 1 amide bonds. The Hall–Kier alpha value is -1.95. The van der Waals surface area contributed by atoms with Gasteiger partial charge in [0.1, 0.15) is 0 Å². The monoisotopic (exact) mass is 265 g/mol. The van der Waals surface area contributed by atoms with Gasteiger partial charge in [0.15, 0.2) is 16.7 Å². The average molecular weight is 266 g/mol. The van der Waals surface area contributed by atoms with Crippen molar-refractivity contribution >= 4 is 17.5 Å². The smallest absolute Gasteiger partial charge is 0.271 e. The Balaban J connectivity index is 2.46. The molecule has 0 atom stereocenters. The number of aryl methyl sites for hydroxylation is 2. The molecular weight excluding hydrogens is 254 g/mol. The van der Waals surface area contributed by atoms with Crippen molar-refractivity contribution in [2.24, 2.45) is 0 Å². The highest BCUT2D eigenvalue weighted by Crippen LogP contribution is 2.17. The Kier molecular flexibility index (Phi) is 3.29. The first kappa shape index (κ1) is 12.5. The minimum Gasteiger partial charge on any atom is -0.354 e. The van der Waals surface area contributed by atoms with Crippen LogP contribution >= 0.6 is 11.6 Å². The van der Waals surface area contributed by atoms with Crippen molar-refractivity contribution in [2.75, 3.05) is 7.05 Å². The maximum atomic E-state index is 11.4. The molecule has 0 bridgehead atoms. The molecule has 1 N–H and O–H groups in total. The Labute approximate surface area is 109 Å². The molecule has 0 radical (unpaired) electrons. The van der Waals surface area contributed by atoms with Gasteiger partial charge in [-0.25, -0.2) is 14.6 Å². The zero-order chi connectivity index (χ0) is 13.3. The first-order valence-electron chi connectivity index (χ1n) is 5.31. The number of carbonyl (C=O) groups is 1. The van der Waals surface area contributed by atoms with Crippen LogP contribution in [0.3, 0.4) is 0 Å². The van der Waals surface area contributed by atoms with Gasteiger partial charge in [0.05, 0.1) is 11.4 Å². The lowest BCUT2D eigenvalue weighted by atomic mass is 10.3. The van der Waals surface area contributed by atoms with Crippen LogP contribution in [0.4, 0.5) is 0 Å². The van der Waals surface area contributed by atoms with Crippen molar-refractivity contribution in [2.45, 2.75) is 13.8 Å². The van der Waals surface area contributed by atoms with E-state index in [0.717, 1.165) is 11.4 Å². The van der Waals surface area contributed by atoms with E-state index in [1.165, 1.54) is 4.68 Å². The van der Waals surface area contributed by atoms with Gasteiger partial charge in [-0.1, -0.05) is 11.6 Å². The standard InChI is InChI=1S/C11H12ClN5O/c1-6-7(2)15-10(9(12)14-6)17-5-4-8(16-17)11(18)13-3/h4-5H,1-3H3,(H,13,18). The van der Waals surface area contributed by atoms with Crippen LogP contribution in [0.25, 0.3) is 5.82 Å². The molecule has 0 saturated heterocycles. The molecule has 6 nitrogen and oxygen atoms in total. The second kappa shape index (κ2) is 4.73. The number of hydrogen-bond donors (Lipinski definition) is 1. The fourth-order valence-electron chi connectivity index (χ4n) is 1.40. The van der Waals surface area contributed by atoms with Crippen LogP contribution in [0.15, 0.2) is 12.3 Å². The lowest BCUT2D eigenvalue weighted by Crippen LogP contribution is -2.18. The van der Waals surface area contributed by atoms with Crippen molar-refractivity contribution in [1.82, 2.24) is 25.1 Å². The van der Waals surface area contributed by atoms with E-state index in [2.05, 4.69) is 20.4 Å². The highest BCUT2D eigenvalue weighted by Gasteiger charge is 2.13. The van der Waals surface area contributed by atoms with E-state index in [1.807, 2.05) is 13.8 Å². The summed E-state index contributed by atoms with van der Waals surface area (Å²) in [7, 11) is 1.55. The number of aromatic nitrogens is 4.